The van der Waals surface area contributed by atoms with E-state index in [0.717, 1.165) is 50.4 Å². The number of benzene rings is 1. The summed E-state index contributed by atoms with van der Waals surface area (Å²) in [6.45, 7) is 3.43. The first-order valence-corrected chi connectivity index (χ1v) is 7.35. The van der Waals surface area contributed by atoms with E-state index in [2.05, 4.69) is 20.7 Å². The molecule has 2 amide bonds. The van der Waals surface area contributed by atoms with Gasteiger partial charge in [-0.25, -0.2) is 11.7 Å². The van der Waals surface area contributed by atoms with Crippen LogP contribution in [0.4, 0.5) is 11.4 Å². The van der Waals surface area contributed by atoms with Crippen LogP contribution in [-0.2, 0) is 0 Å². The standard InChI is InChI=1S/C14H20N6O2/c15-17-13(21)9-8-12(20-5-2-6-20)10(14(22)18-16)7-11(9)19-3-1-4-19/h7-8H,1-6,15-16H2,(H,17,21)(H,18,22). The first-order valence-electron chi connectivity index (χ1n) is 7.35. The number of nitrogens with two attached hydrogens (primary N) is 2. The summed E-state index contributed by atoms with van der Waals surface area (Å²) >= 11 is 0. The summed E-state index contributed by atoms with van der Waals surface area (Å²) in [6.07, 6.45) is 2.13. The molecule has 2 fully saturated rings. The number of hydrogen-bond donors (Lipinski definition) is 4. The third kappa shape index (κ3) is 2.36. The van der Waals surface area contributed by atoms with Gasteiger partial charge in [0.15, 0.2) is 0 Å². The van der Waals surface area contributed by atoms with Crippen LogP contribution >= 0.6 is 0 Å². The minimum absolute atomic E-state index is 0.358. The fraction of sp³-hybridized carbons (Fsp3) is 0.429. The van der Waals surface area contributed by atoms with Crippen LogP contribution in [0, 0.1) is 0 Å². The van der Waals surface area contributed by atoms with Gasteiger partial charge < -0.3 is 9.80 Å². The molecule has 2 saturated heterocycles. The van der Waals surface area contributed by atoms with Gasteiger partial charge in [0.1, 0.15) is 0 Å². The van der Waals surface area contributed by atoms with Crippen LogP contribution in [0.5, 0.6) is 0 Å². The fourth-order valence-electron chi connectivity index (χ4n) is 2.73. The van der Waals surface area contributed by atoms with Gasteiger partial charge in [0.05, 0.1) is 22.5 Å². The van der Waals surface area contributed by atoms with Gasteiger partial charge in [0.25, 0.3) is 11.8 Å². The van der Waals surface area contributed by atoms with Gasteiger partial charge in [0.2, 0.25) is 0 Å². The van der Waals surface area contributed by atoms with E-state index < -0.39 is 0 Å². The van der Waals surface area contributed by atoms with Crippen LogP contribution in [0.15, 0.2) is 12.1 Å². The van der Waals surface area contributed by atoms with Crippen LogP contribution < -0.4 is 32.3 Å². The Morgan fingerprint density at radius 3 is 1.41 bits per heavy atom. The molecule has 0 atom stereocenters. The molecule has 0 unspecified atom stereocenters. The molecule has 22 heavy (non-hydrogen) atoms. The van der Waals surface area contributed by atoms with E-state index in [1.54, 1.807) is 12.1 Å². The predicted octanol–water partition coefficient (Wildman–Crippen LogP) is -0.686. The minimum atomic E-state index is -0.358. The topological polar surface area (TPSA) is 117 Å². The van der Waals surface area contributed by atoms with Gasteiger partial charge in [-0.2, -0.15) is 0 Å². The lowest BCUT2D eigenvalue weighted by Gasteiger charge is -2.38. The van der Waals surface area contributed by atoms with Gasteiger partial charge in [-0.15, -0.1) is 0 Å². The number of hydrazine groups is 2. The zero-order valence-electron chi connectivity index (χ0n) is 12.3. The normalized spacial score (nSPS) is 16.6. The molecule has 2 aliphatic rings. The molecule has 0 saturated carbocycles. The molecule has 0 radical (unpaired) electrons. The first-order chi connectivity index (χ1) is 10.7. The molecule has 118 valence electrons. The number of nitrogen functional groups attached to an aromatic ring is 2. The van der Waals surface area contributed by atoms with Gasteiger partial charge in [-0.1, -0.05) is 0 Å². The van der Waals surface area contributed by atoms with Gasteiger partial charge in [-0.05, 0) is 25.0 Å². The van der Waals surface area contributed by atoms with Crippen molar-refractivity contribution in [1.29, 1.82) is 0 Å². The Hall–Kier alpha value is -2.32. The monoisotopic (exact) mass is 304 g/mol. The molecule has 1 aromatic rings. The number of rotatable bonds is 4. The maximum Gasteiger partial charge on any atom is 0.267 e. The second-order valence-electron chi connectivity index (χ2n) is 5.51. The van der Waals surface area contributed by atoms with E-state index in [-0.39, 0.29) is 11.8 Å². The van der Waals surface area contributed by atoms with Crippen LogP contribution in [0.1, 0.15) is 33.6 Å². The Kier molecular flexibility index (Phi) is 3.86. The molecule has 0 aliphatic carbocycles. The first kappa shape index (κ1) is 14.6. The Bertz CT molecular complexity index is 556. The summed E-state index contributed by atoms with van der Waals surface area (Å²) in [5, 5.41) is 0. The number of amides is 2. The lowest BCUT2D eigenvalue weighted by Crippen LogP contribution is -2.42. The summed E-state index contributed by atoms with van der Waals surface area (Å²) in [6, 6.07) is 3.47. The average molecular weight is 304 g/mol. The molecule has 0 bridgehead atoms. The quantitative estimate of drug-likeness (QED) is 0.332. The van der Waals surface area contributed by atoms with Crippen molar-refractivity contribution >= 4 is 23.2 Å². The second-order valence-corrected chi connectivity index (χ2v) is 5.51. The maximum absolute atomic E-state index is 12.1. The zero-order valence-corrected chi connectivity index (χ0v) is 12.3. The molecular formula is C14H20N6O2. The van der Waals surface area contributed by atoms with E-state index >= 15 is 0 Å². The largest absolute Gasteiger partial charge is 0.371 e. The third-order valence-electron chi connectivity index (χ3n) is 4.26. The highest BCUT2D eigenvalue weighted by atomic mass is 16.2. The molecule has 8 nitrogen and oxygen atoms in total. The summed E-state index contributed by atoms with van der Waals surface area (Å²) < 4.78 is 0. The van der Waals surface area contributed by atoms with Crippen LogP contribution in [0.3, 0.4) is 0 Å². The number of hydrogen-bond acceptors (Lipinski definition) is 6. The number of nitrogens with zero attached hydrogens (tertiary/aromatic N) is 2. The minimum Gasteiger partial charge on any atom is -0.371 e. The Morgan fingerprint density at radius 1 is 0.818 bits per heavy atom. The highest BCUT2D eigenvalue weighted by Gasteiger charge is 2.28. The summed E-state index contributed by atoms with van der Waals surface area (Å²) in [7, 11) is 0. The fourth-order valence-corrected chi connectivity index (χ4v) is 2.73. The lowest BCUT2D eigenvalue weighted by atomic mass is 9.99. The highest BCUT2D eigenvalue weighted by molar-refractivity contribution is 6.06. The van der Waals surface area contributed by atoms with Gasteiger partial charge >= 0.3 is 0 Å². The van der Waals surface area contributed by atoms with E-state index in [1.807, 2.05) is 0 Å². The number of nitrogens with one attached hydrogen (secondary N) is 2. The molecular weight excluding hydrogens is 284 g/mol. The molecule has 2 heterocycles. The van der Waals surface area contributed by atoms with Crippen molar-refractivity contribution in [2.75, 3.05) is 36.0 Å². The molecule has 0 spiro atoms. The van der Waals surface area contributed by atoms with Crippen LogP contribution in [0.25, 0.3) is 0 Å². The molecule has 8 heteroatoms. The Labute approximate surface area is 128 Å². The van der Waals surface area contributed by atoms with Crippen molar-refractivity contribution in [3.8, 4) is 0 Å². The molecule has 2 aliphatic heterocycles. The molecule has 1 aromatic carbocycles. The molecule has 0 aromatic heterocycles. The van der Waals surface area contributed by atoms with Crippen LogP contribution in [0.2, 0.25) is 0 Å². The van der Waals surface area contributed by atoms with Crippen molar-refractivity contribution in [1.82, 2.24) is 10.9 Å². The highest BCUT2D eigenvalue weighted by Crippen LogP contribution is 2.34. The van der Waals surface area contributed by atoms with Crippen molar-refractivity contribution in [3.05, 3.63) is 23.3 Å². The maximum atomic E-state index is 12.1. The Balaban J connectivity index is 2.11. The molecule has 3 rings (SSSR count). The summed E-state index contributed by atoms with van der Waals surface area (Å²) in [4.78, 5) is 28.3. The summed E-state index contributed by atoms with van der Waals surface area (Å²) in [5.74, 6) is 9.88. The lowest BCUT2D eigenvalue weighted by molar-refractivity contribution is 0.0942. The van der Waals surface area contributed by atoms with Crippen molar-refractivity contribution in [3.63, 3.8) is 0 Å². The average Bonchev–Trinajstić information content (AvgIpc) is 2.42. The number of carbonyl (C=O) groups excluding carboxylic acids is 2. The molecule has 6 N–H and O–H groups in total. The zero-order chi connectivity index (χ0) is 15.7. The number of anilines is 2. The summed E-state index contributed by atoms with van der Waals surface area (Å²) in [5.41, 5.74) is 6.77. The number of carbonyl (C=O) groups is 2. The van der Waals surface area contributed by atoms with Crippen LogP contribution in [-0.4, -0.2) is 38.0 Å². The van der Waals surface area contributed by atoms with Crippen molar-refractivity contribution in [2.24, 2.45) is 11.7 Å². The third-order valence-corrected chi connectivity index (χ3v) is 4.26. The van der Waals surface area contributed by atoms with Crippen molar-refractivity contribution in [2.45, 2.75) is 12.8 Å². The SMILES string of the molecule is NNC(=O)c1cc(N2CCC2)c(C(=O)NN)cc1N1CCC1. The Morgan fingerprint density at radius 2 is 1.18 bits per heavy atom. The smallest absolute Gasteiger partial charge is 0.267 e. The van der Waals surface area contributed by atoms with E-state index in [9.17, 15) is 9.59 Å². The van der Waals surface area contributed by atoms with E-state index in [0.29, 0.717) is 11.1 Å². The van der Waals surface area contributed by atoms with Gasteiger partial charge in [-0.3, -0.25) is 20.4 Å². The second kappa shape index (κ2) is 5.82. The predicted molar refractivity (Wildman–Crippen MR) is 83.4 cm³/mol. The van der Waals surface area contributed by atoms with E-state index in [1.165, 1.54) is 0 Å². The van der Waals surface area contributed by atoms with Gasteiger partial charge in [0, 0.05) is 26.2 Å². The van der Waals surface area contributed by atoms with Crippen molar-refractivity contribution < 1.29 is 9.59 Å². The van der Waals surface area contributed by atoms with E-state index in [4.69, 9.17) is 11.7 Å².